The minimum atomic E-state index is -0.918. The lowest BCUT2D eigenvalue weighted by Crippen LogP contribution is -3.00. The Morgan fingerprint density at radius 3 is 2.72 bits per heavy atom. The van der Waals surface area contributed by atoms with Gasteiger partial charge in [-0.2, -0.15) is 0 Å². The molecule has 94 valence electrons. The monoisotopic (exact) mass is 249 g/mol. The van der Waals surface area contributed by atoms with E-state index < -0.39 is 17.0 Å². The van der Waals surface area contributed by atoms with Gasteiger partial charge in [0.1, 0.15) is 0 Å². The smallest absolute Gasteiger partial charge is 0.343 e. The number of cyclic esters (lactones) is 1. The standard InChI is InChI=1S/C12H12N2O4/c1-13(2)7-10(14(16)17)11-8-5-3-4-6-9(8)12(15)18-11/h3-7,11H,1-2H3/p+1/t11-/m0/s1. The van der Waals surface area contributed by atoms with Crippen molar-refractivity contribution < 1.29 is 19.4 Å². The summed E-state index contributed by atoms with van der Waals surface area (Å²) in [5.41, 5.74) is 0.823. The number of hydrogen-bond donors (Lipinski definition) is 1. The zero-order chi connectivity index (χ0) is 13.3. The number of benzene rings is 1. The van der Waals surface area contributed by atoms with Gasteiger partial charge in [-0.1, -0.05) is 18.2 Å². The molecule has 1 heterocycles. The van der Waals surface area contributed by atoms with E-state index in [2.05, 4.69) is 0 Å². The Bertz CT molecular complexity index is 537. The van der Waals surface area contributed by atoms with Gasteiger partial charge in [-0.25, -0.2) is 4.79 Å². The topological polar surface area (TPSA) is 73.9 Å². The molecule has 0 bridgehead atoms. The van der Waals surface area contributed by atoms with Crippen molar-refractivity contribution in [2.75, 3.05) is 14.1 Å². The average molecular weight is 249 g/mol. The second-order valence-corrected chi connectivity index (χ2v) is 4.28. The van der Waals surface area contributed by atoms with E-state index in [0.717, 1.165) is 4.90 Å². The van der Waals surface area contributed by atoms with Gasteiger partial charge in [0.25, 0.3) is 0 Å². The van der Waals surface area contributed by atoms with E-state index in [9.17, 15) is 14.9 Å². The minimum Gasteiger partial charge on any atom is -0.442 e. The third-order valence-electron chi connectivity index (χ3n) is 2.60. The zero-order valence-corrected chi connectivity index (χ0v) is 10.0. The second-order valence-electron chi connectivity index (χ2n) is 4.28. The van der Waals surface area contributed by atoms with Gasteiger partial charge in [-0.15, -0.1) is 0 Å². The largest absolute Gasteiger partial charge is 0.442 e. The molecule has 2 rings (SSSR count). The summed E-state index contributed by atoms with van der Waals surface area (Å²) in [4.78, 5) is 23.0. The van der Waals surface area contributed by atoms with Gasteiger partial charge in [-0.05, 0) is 6.07 Å². The number of nitrogens with zero attached hydrogens (tertiary/aromatic N) is 1. The van der Waals surface area contributed by atoms with Gasteiger partial charge in [0.2, 0.25) is 6.10 Å². The van der Waals surface area contributed by atoms with Gasteiger partial charge < -0.3 is 9.64 Å². The number of carbonyl (C=O) groups excluding carboxylic acids is 1. The number of fused-ring (bicyclic) bond motifs is 1. The molecule has 0 aromatic heterocycles. The lowest BCUT2D eigenvalue weighted by molar-refractivity contribution is -0.805. The fourth-order valence-corrected chi connectivity index (χ4v) is 1.89. The third kappa shape index (κ3) is 2.10. The maximum absolute atomic E-state index is 11.6. The number of nitrogens with one attached hydrogen (secondary N) is 1. The summed E-state index contributed by atoms with van der Waals surface area (Å²) in [7, 11) is 3.51. The molecule has 1 aliphatic rings. The highest BCUT2D eigenvalue weighted by molar-refractivity contribution is 5.94. The lowest BCUT2D eigenvalue weighted by Gasteiger charge is -2.08. The number of esters is 1. The molecule has 0 spiro atoms. The van der Waals surface area contributed by atoms with Crippen molar-refractivity contribution in [3.05, 3.63) is 57.4 Å². The Morgan fingerprint density at radius 1 is 1.44 bits per heavy atom. The van der Waals surface area contributed by atoms with Crippen molar-refractivity contribution in [1.29, 1.82) is 0 Å². The number of nitro groups is 1. The van der Waals surface area contributed by atoms with E-state index in [-0.39, 0.29) is 5.70 Å². The van der Waals surface area contributed by atoms with Crippen LogP contribution in [0.4, 0.5) is 0 Å². The summed E-state index contributed by atoms with van der Waals surface area (Å²) in [6, 6.07) is 6.72. The van der Waals surface area contributed by atoms with Crippen LogP contribution < -0.4 is 4.90 Å². The molecule has 0 aliphatic carbocycles. The van der Waals surface area contributed by atoms with Crippen LogP contribution in [0.1, 0.15) is 22.0 Å². The molecule has 1 aromatic rings. The summed E-state index contributed by atoms with van der Waals surface area (Å²) in [6.07, 6.45) is 0.513. The summed E-state index contributed by atoms with van der Waals surface area (Å²) < 4.78 is 5.09. The van der Waals surface area contributed by atoms with Crippen molar-refractivity contribution in [2.24, 2.45) is 0 Å². The van der Waals surface area contributed by atoms with Crippen LogP contribution in [0.5, 0.6) is 0 Å². The van der Waals surface area contributed by atoms with E-state index >= 15 is 0 Å². The SMILES string of the molecule is C[NH+](C)C=C([C@H]1OC(=O)c2ccccc21)[N+](=O)[O-]. The Labute approximate surface area is 104 Å². The van der Waals surface area contributed by atoms with Crippen LogP contribution in [0.15, 0.2) is 36.2 Å². The summed E-state index contributed by atoms with van der Waals surface area (Å²) in [6.45, 7) is 0. The number of quaternary nitrogens is 1. The van der Waals surface area contributed by atoms with Crippen LogP contribution in [-0.2, 0) is 4.74 Å². The molecule has 6 nitrogen and oxygen atoms in total. The van der Waals surface area contributed by atoms with Crippen molar-refractivity contribution in [3.63, 3.8) is 0 Å². The molecule has 0 radical (unpaired) electrons. The maximum atomic E-state index is 11.6. The molecular weight excluding hydrogens is 236 g/mol. The summed E-state index contributed by atoms with van der Waals surface area (Å²) >= 11 is 0. The van der Waals surface area contributed by atoms with Gasteiger partial charge >= 0.3 is 11.7 Å². The average Bonchev–Trinajstić information content (AvgIpc) is 2.64. The number of carbonyl (C=O) groups is 1. The Morgan fingerprint density at radius 2 is 2.11 bits per heavy atom. The molecule has 18 heavy (non-hydrogen) atoms. The van der Waals surface area contributed by atoms with Gasteiger partial charge in [0, 0.05) is 5.56 Å². The fraction of sp³-hybridized carbons (Fsp3) is 0.250. The Hall–Kier alpha value is -2.21. The highest BCUT2D eigenvalue weighted by atomic mass is 16.6. The van der Waals surface area contributed by atoms with Crippen LogP contribution >= 0.6 is 0 Å². The molecule has 0 unspecified atom stereocenters. The van der Waals surface area contributed by atoms with Crippen LogP contribution in [0, 0.1) is 10.1 Å². The quantitative estimate of drug-likeness (QED) is 0.470. The van der Waals surface area contributed by atoms with E-state index in [1.807, 2.05) is 0 Å². The van der Waals surface area contributed by atoms with Crippen LogP contribution in [0.2, 0.25) is 0 Å². The summed E-state index contributed by atoms with van der Waals surface area (Å²) in [5, 5.41) is 11.1. The van der Waals surface area contributed by atoms with Gasteiger partial charge in [-0.3, -0.25) is 10.1 Å². The first-order valence-electron chi connectivity index (χ1n) is 5.46. The third-order valence-corrected chi connectivity index (χ3v) is 2.60. The molecule has 1 aromatic carbocycles. The second kappa shape index (κ2) is 4.58. The van der Waals surface area contributed by atoms with Crippen molar-refractivity contribution >= 4 is 5.97 Å². The molecular formula is C12H13N2O4+. The molecule has 1 aliphatic heterocycles. The van der Waals surface area contributed by atoms with E-state index in [1.165, 1.54) is 6.20 Å². The molecule has 1 atom stereocenters. The normalized spacial score (nSPS) is 18.7. The number of rotatable bonds is 3. The van der Waals surface area contributed by atoms with Gasteiger partial charge in [0.15, 0.2) is 6.20 Å². The first-order valence-corrected chi connectivity index (χ1v) is 5.46. The lowest BCUT2D eigenvalue weighted by atomic mass is 10.0. The molecule has 0 fully saturated rings. The summed E-state index contributed by atoms with van der Waals surface area (Å²) in [5.74, 6) is -0.517. The Balaban J connectivity index is 2.47. The van der Waals surface area contributed by atoms with Crippen LogP contribution in [0.25, 0.3) is 0 Å². The predicted molar refractivity (Wildman–Crippen MR) is 62.5 cm³/mol. The van der Waals surface area contributed by atoms with E-state index in [0.29, 0.717) is 11.1 Å². The van der Waals surface area contributed by atoms with Crippen molar-refractivity contribution in [2.45, 2.75) is 6.10 Å². The van der Waals surface area contributed by atoms with Crippen LogP contribution in [0.3, 0.4) is 0 Å². The number of ether oxygens (including phenoxy) is 1. The highest BCUT2D eigenvalue weighted by Crippen LogP contribution is 2.35. The minimum absolute atomic E-state index is 0.117. The van der Waals surface area contributed by atoms with E-state index in [4.69, 9.17) is 4.74 Å². The molecule has 0 saturated carbocycles. The molecule has 1 N–H and O–H groups in total. The van der Waals surface area contributed by atoms with Crippen molar-refractivity contribution in [1.82, 2.24) is 0 Å². The Kier molecular flexibility index (Phi) is 3.12. The zero-order valence-electron chi connectivity index (χ0n) is 10.0. The maximum Gasteiger partial charge on any atom is 0.343 e. The first kappa shape index (κ1) is 12.3. The molecule has 6 heteroatoms. The molecule has 0 saturated heterocycles. The molecule has 0 amide bonds. The van der Waals surface area contributed by atoms with Crippen LogP contribution in [-0.4, -0.2) is 25.0 Å². The fourth-order valence-electron chi connectivity index (χ4n) is 1.89. The highest BCUT2D eigenvalue weighted by Gasteiger charge is 2.40. The van der Waals surface area contributed by atoms with Gasteiger partial charge in [0.05, 0.1) is 24.6 Å². The number of hydrogen-bond acceptors (Lipinski definition) is 4. The first-order chi connectivity index (χ1) is 8.50. The van der Waals surface area contributed by atoms with E-state index in [1.54, 1.807) is 38.4 Å². The predicted octanol–water partition coefficient (Wildman–Crippen LogP) is 0.161. The van der Waals surface area contributed by atoms with Crippen molar-refractivity contribution in [3.8, 4) is 0 Å².